The van der Waals surface area contributed by atoms with E-state index in [9.17, 15) is 9.59 Å². The standard InChI is InChI=1S/C17H17N7O2S/c1-12-19-15(20-24(12)13-5-3-2-4-6-13)10-22-7-8-23(17(22)26)21-16(25)14-9-18-11-27-14/h2-6,9,11H,7-8,10H2,1H3,(H,21,25). The van der Waals surface area contributed by atoms with Crippen LogP contribution in [0.25, 0.3) is 5.69 Å². The van der Waals surface area contributed by atoms with Crippen molar-refractivity contribution in [3.05, 3.63) is 58.6 Å². The van der Waals surface area contributed by atoms with Crippen LogP contribution in [-0.4, -0.2) is 54.7 Å². The molecule has 3 aromatic rings. The number of benzene rings is 1. The van der Waals surface area contributed by atoms with Gasteiger partial charge in [-0.1, -0.05) is 18.2 Å². The summed E-state index contributed by atoms with van der Waals surface area (Å²) in [7, 11) is 0. The average Bonchev–Trinajstić information content (AvgIpc) is 3.40. The number of urea groups is 1. The van der Waals surface area contributed by atoms with Gasteiger partial charge in [0, 0.05) is 6.54 Å². The van der Waals surface area contributed by atoms with Gasteiger partial charge in [0.15, 0.2) is 5.82 Å². The second-order valence-corrected chi connectivity index (χ2v) is 6.87. The number of carbonyl (C=O) groups excluding carboxylic acids is 2. The number of nitrogens with one attached hydrogen (secondary N) is 1. The highest BCUT2D eigenvalue weighted by Gasteiger charge is 2.31. The van der Waals surface area contributed by atoms with E-state index in [0.717, 1.165) is 11.5 Å². The normalized spacial score (nSPS) is 14.0. The van der Waals surface area contributed by atoms with Crippen LogP contribution in [0.15, 0.2) is 42.0 Å². The van der Waals surface area contributed by atoms with Gasteiger partial charge in [0.05, 0.1) is 30.5 Å². The van der Waals surface area contributed by atoms with Gasteiger partial charge >= 0.3 is 6.03 Å². The third kappa shape index (κ3) is 3.51. The molecule has 138 valence electrons. The van der Waals surface area contributed by atoms with Gasteiger partial charge in [-0.25, -0.2) is 19.5 Å². The van der Waals surface area contributed by atoms with E-state index in [4.69, 9.17) is 0 Å². The summed E-state index contributed by atoms with van der Waals surface area (Å²) in [5.74, 6) is 0.966. The number of hydrogen-bond donors (Lipinski definition) is 1. The highest BCUT2D eigenvalue weighted by molar-refractivity contribution is 7.11. The first-order valence-electron chi connectivity index (χ1n) is 8.35. The van der Waals surface area contributed by atoms with Crippen molar-refractivity contribution in [3.8, 4) is 5.69 Å². The molecule has 1 aromatic carbocycles. The lowest BCUT2D eigenvalue weighted by molar-refractivity contribution is 0.0849. The summed E-state index contributed by atoms with van der Waals surface area (Å²) in [6.07, 6.45) is 1.47. The van der Waals surface area contributed by atoms with Crippen LogP contribution in [0.5, 0.6) is 0 Å². The smallest absolute Gasteiger partial charge is 0.314 e. The maximum absolute atomic E-state index is 12.5. The molecule has 0 radical (unpaired) electrons. The molecule has 0 bridgehead atoms. The van der Waals surface area contributed by atoms with E-state index >= 15 is 0 Å². The molecule has 27 heavy (non-hydrogen) atoms. The van der Waals surface area contributed by atoms with Gasteiger partial charge in [0.2, 0.25) is 0 Å². The van der Waals surface area contributed by atoms with Gasteiger partial charge in [-0.15, -0.1) is 16.4 Å². The van der Waals surface area contributed by atoms with E-state index in [1.54, 1.807) is 15.1 Å². The fourth-order valence-corrected chi connectivity index (χ4v) is 3.34. The molecular weight excluding hydrogens is 366 g/mol. The molecule has 1 N–H and O–H groups in total. The lowest BCUT2D eigenvalue weighted by Gasteiger charge is -2.17. The summed E-state index contributed by atoms with van der Waals surface area (Å²) in [4.78, 5) is 35.0. The molecule has 1 fully saturated rings. The van der Waals surface area contributed by atoms with Gasteiger partial charge in [-0.05, 0) is 19.1 Å². The molecule has 4 rings (SSSR count). The number of para-hydroxylation sites is 1. The number of hydrazine groups is 1. The molecule has 1 aliphatic rings. The predicted octanol–water partition coefficient (Wildman–Crippen LogP) is 1.61. The van der Waals surface area contributed by atoms with E-state index in [-0.39, 0.29) is 18.5 Å². The Kier molecular flexibility index (Phi) is 4.55. The number of carbonyl (C=O) groups is 2. The molecule has 0 atom stereocenters. The SMILES string of the molecule is Cc1nc(CN2CCN(NC(=O)c3cncs3)C2=O)nn1-c1ccccc1. The lowest BCUT2D eigenvalue weighted by atomic mass is 10.3. The predicted molar refractivity (Wildman–Crippen MR) is 98.2 cm³/mol. The first-order chi connectivity index (χ1) is 13.1. The summed E-state index contributed by atoms with van der Waals surface area (Å²) in [5, 5.41) is 5.81. The quantitative estimate of drug-likeness (QED) is 0.722. The van der Waals surface area contributed by atoms with Crippen LogP contribution in [-0.2, 0) is 6.54 Å². The van der Waals surface area contributed by atoms with Crippen molar-refractivity contribution in [2.45, 2.75) is 13.5 Å². The minimum Gasteiger partial charge on any atom is -0.314 e. The van der Waals surface area contributed by atoms with Crippen molar-refractivity contribution < 1.29 is 9.59 Å². The first kappa shape index (κ1) is 17.2. The maximum Gasteiger partial charge on any atom is 0.339 e. The number of aryl methyl sites for hydroxylation is 1. The Morgan fingerprint density at radius 3 is 2.81 bits per heavy atom. The molecule has 3 amide bonds. The first-order valence-corrected chi connectivity index (χ1v) is 9.23. The highest BCUT2D eigenvalue weighted by Crippen LogP contribution is 2.14. The summed E-state index contributed by atoms with van der Waals surface area (Å²) < 4.78 is 1.75. The second-order valence-electron chi connectivity index (χ2n) is 5.98. The Hall–Kier alpha value is -3.27. The fourth-order valence-electron chi connectivity index (χ4n) is 2.83. The maximum atomic E-state index is 12.5. The van der Waals surface area contributed by atoms with Crippen LogP contribution in [0, 0.1) is 6.92 Å². The number of aromatic nitrogens is 4. The largest absolute Gasteiger partial charge is 0.339 e. The summed E-state index contributed by atoms with van der Waals surface area (Å²) in [6.45, 7) is 3.05. The van der Waals surface area contributed by atoms with Crippen LogP contribution in [0.2, 0.25) is 0 Å². The van der Waals surface area contributed by atoms with Crippen molar-refractivity contribution in [2.75, 3.05) is 13.1 Å². The minimum absolute atomic E-state index is 0.276. The molecule has 0 aliphatic carbocycles. The van der Waals surface area contributed by atoms with Crippen LogP contribution < -0.4 is 5.43 Å². The van der Waals surface area contributed by atoms with Crippen LogP contribution in [0.4, 0.5) is 4.79 Å². The van der Waals surface area contributed by atoms with Crippen molar-refractivity contribution in [1.82, 2.24) is 35.1 Å². The van der Waals surface area contributed by atoms with Crippen molar-refractivity contribution in [1.29, 1.82) is 0 Å². The van der Waals surface area contributed by atoms with Gasteiger partial charge in [0.1, 0.15) is 10.7 Å². The Balaban J connectivity index is 1.42. The Bertz CT molecular complexity index is 955. The molecule has 0 saturated carbocycles. The van der Waals surface area contributed by atoms with E-state index < -0.39 is 0 Å². The Morgan fingerprint density at radius 2 is 2.07 bits per heavy atom. The third-order valence-electron chi connectivity index (χ3n) is 4.13. The number of hydrogen-bond acceptors (Lipinski definition) is 6. The summed E-state index contributed by atoms with van der Waals surface area (Å²) >= 11 is 1.22. The van der Waals surface area contributed by atoms with Crippen LogP contribution >= 0.6 is 11.3 Å². The van der Waals surface area contributed by atoms with Gasteiger partial charge < -0.3 is 4.90 Å². The molecule has 1 saturated heterocycles. The fraction of sp³-hybridized carbons (Fsp3) is 0.235. The highest BCUT2D eigenvalue weighted by atomic mass is 32.1. The molecule has 3 heterocycles. The molecule has 9 nitrogen and oxygen atoms in total. The van der Waals surface area contributed by atoms with Crippen LogP contribution in [0.1, 0.15) is 21.3 Å². The van der Waals surface area contributed by atoms with Crippen molar-refractivity contribution in [2.24, 2.45) is 0 Å². The van der Waals surface area contributed by atoms with Crippen LogP contribution in [0.3, 0.4) is 0 Å². The van der Waals surface area contributed by atoms with Crippen molar-refractivity contribution in [3.63, 3.8) is 0 Å². The zero-order chi connectivity index (χ0) is 18.8. The number of nitrogens with zero attached hydrogens (tertiary/aromatic N) is 6. The van der Waals surface area contributed by atoms with E-state index in [0.29, 0.717) is 23.8 Å². The van der Waals surface area contributed by atoms with Gasteiger partial charge in [-0.3, -0.25) is 15.2 Å². The minimum atomic E-state index is -0.338. The average molecular weight is 383 g/mol. The molecular formula is C17H17N7O2S. The second kappa shape index (κ2) is 7.16. The molecule has 2 aromatic heterocycles. The molecule has 1 aliphatic heterocycles. The lowest BCUT2D eigenvalue weighted by Crippen LogP contribution is -2.44. The number of rotatable bonds is 5. The zero-order valence-electron chi connectivity index (χ0n) is 14.6. The summed E-state index contributed by atoms with van der Waals surface area (Å²) in [6, 6.07) is 9.43. The molecule has 0 unspecified atom stereocenters. The summed E-state index contributed by atoms with van der Waals surface area (Å²) in [5.41, 5.74) is 5.11. The van der Waals surface area contributed by atoms with E-state index in [2.05, 4.69) is 20.5 Å². The van der Waals surface area contributed by atoms with Crippen molar-refractivity contribution >= 4 is 23.3 Å². The molecule has 0 spiro atoms. The number of amides is 3. The monoisotopic (exact) mass is 383 g/mol. The Labute approximate surface area is 159 Å². The Morgan fingerprint density at radius 1 is 1.26 bits per heavy atom. The third-order valence-corrected chi connectivity index (χ3v) is 4.91. The molecule has 10 heteroatoms. The zero-order valence-corrected chi connectivity index (χ0v) is 15.4. The van der Waals surface area contributed by atoms with Gasteiger partial charge in [-0.2, -0.15) is 0 Å². The van der Waals surface area contributed by atoms with Gasteiger partial charge in [0.25, 0.3) is 5.91 Å². The van der Waals surface area contributed by atoms with E-state index in [1.165, 1.54) is 22.5 Å². The number of thiazole rings is 1. The van der Waals surface area contributed by atoms with E-state index in [1.807, 2.05) is 37.3 Å². The topological polar surface area (TPSA) is 96.2 Å².